The number of rotatable bonds is 8. The molecule has 208 valence electrons. The topological polar surface area (TPSA) is 38.8 Å². The summed E-state index contributed by atoms with van der Waals surface area (Å²) in [6.45, 7) is 19.4. The molecule has 39 heavy (non-hydrogen) atoms. The largest absolute Gasteiger partial charge is 0.368 e. The normalized spacial score (nSPS) is 20.5. The average molecular weight is 545 g/mol. The molecule has 1 N–H and O–H groups in total. The van der Waals surface area contributed by atoms with Gasteiger partial charge in [0.25, 0.3) is 5.91 Å². The zero-order valence-corrected chi connectivity index (χ0v) is 25.5. The van der Waals surface area contributed by atoms with Gasteiger partial charge in [-0.3, -0.25) is 4.79 Å². The van der Waals surface area contributed by atoms with Gasteiger partial charge in [-0.25, -0.2) is 0 Å². The van der Waals surface area contributed by atoms with Crippen molar-refractivity contribution in [2.24, 2.45) is 5.92 Å². The lowest BCUT2D eigenvalue weighted by Crippen LogP contribution is -2.46. The van der Waals surface area contributed by atoms with Gasteiger partial charge in [0.15, 0.2) is 0 Å². The minimum Gasteiger partial charge on any atom is -0.368 e. The van der Waals surface area contributed by atoms with E-state index >= 15 is 0 Å². The first-order chi connectivity index (χ1) is 18.6. The number of hydrogen-bond donors (Lipinski definition) is 1. The molecule has 6 heteroatoms. The minimum absolute atomic E-state index is 0.0401. The molecule has 1 saturated heterocycles. The number of anilines is 1. The standard InChI is InChI=1S/C33H45N4OP/c1-7-25(3)31(37-17-16-24(2)22-26(37)4)32(38)34-23-27-8-12-29(13-9-27)35-18-20-36(21-19-35)30-14-10-28(11-15-30)33(5,6)39/h8,10-17,22,27H,4,7,9,18-21,23,39H2,1-3,5-6H3,(H,34,38)/b31-25+. The van der Waals surface area contributed by atoms with E-state index in [-0.39, 0.29) is 11.1 Å². The number of amides is 1. The summed E-state index contributed by atoms with van der Waals surface area (Å²) in [4.78, 5) is 20.2. The van der Waals surface area contributed by atoms with Crippen LogP contribution in [-0.4, -0.2) is 48.4 Å². The molecule has 1 aliphatic carbocycles. The number of allylic oxidation sites excluding steroid dienone is 6. The molecule has 1 aromatic carbocycles. The van der Waals surface area contributed by atoms with Crippen molar-refractivity contribution in [1.82, 2.24) is 15.1 Å². The summed E-state index contributed by atoms with van der Waals surface area (Å²) in [5.41, 5.74) is 7.63. The molecule has 0 radical (unpaired) electrons. The molecule has 1 aromatic rings. The van der Waals surface area contributed by atoms with E-state index in [4.69, 9.17) is 0 Å². The summed E-state index contributed by atoms with van der Waals surface area (Å²) >= 11 is 0. The summed E-state index contributed by atoms with van der Waals surface area (Å²) in [6, 6.07) is 9.01. The second-order valence-electron chi connectivity index (χ2n) is 11.5. The highest BCUT2D eigenvalue weighted by atomic mass is 31.0. The van der Waals surface area contributed by atoms with Crippen LogP contribution in [0.25, 0.3) is 0 Å². The van der Waals surface area contributed by atoms with Crippen LogP contribution in [0.15, 0.2) is 95.7 Å². The lowest BCUT2D eigenvalue weighted by atomic mass is 9.98. The van der Waals surface area contributed by atoms with Crippen LogP contribution in [0.4, 0.5) is 5.69 Å². The maximum atomic E-state index is 13.3. The molecular formula is C33H45N4OP. The average Bonchev–Trinajstić information content (AvgIpc) is 2.93. The Labute approximate surface area is 237 Å². The zero-order valence-electron chi connectivity index (χ0n) is 24.3. The SMILES string of the molecule is C=C1C=C(C)C=CN1/C(C(=O)NCC1C=CC(N2CCN(c3ccc(C(C)(C)P)cc3)CC2)=CC1)=C(\C)CC. The van der Waals surface area contributed by atoms with Crippen LogP contribution in [0.2, 0.25) is 0 Å². The van der Waals surface area contributed by atoms with Crippen molar-refractivity contribution in [3.05, 3.63) is 101 Å². The molecule has 0 aromatic heterocycles. The van der Waals surface area contributed by atoms with E-state index in [2.05, 4.69) is 94.2 Å². The second kappa shape index (κ2) is 12.4. The van der Waals surface area contributed by atoms with Crippen molar-refractivity contribution in [2.75, 3.05) is 37.6 Å². The molecule has 2 atom stereocenters. The smallest absolute Gasteiger partial charge is 0.268 e. The van der Waals surface area contributed by atoms with Crippen LogP contribution in [0.5, 0.6) is 0 Å². The maximum absolute atomic E-state index is 13.3. The summed E-state index contributed by atoms with van der Waals surface area (Å²) in [7, 11) is 2.92. The highest BCUT2D eigenvalue weighted by Gasteiger charge is 2.24. The number of carbonyl (C=O) groups excluding carboxylic acids is 1. The van der Waals surface area contributed by atoms with E-state index in [9.17, 15) is 4.79 Å². The molecule has 2 heterocycles. The van der Waals surface area contributed by atoms with Crippen LogP contribution in [0.3, 0.4) is 0 Å². The van der Waals surface area contributed by atoms with Gasteiger partial charge in [-0.1, -0.05) is 51.6 Å². The van der Waals surface area contributed by atoms with E-state index < -0.39 is 0 Å². The summed E-state index contributed by atoms with van der Waals surface area (Å²) in [6.07, 6.45) is 14.5. The molecule has 2 unspecified atom stereocenters. The first-order valence-electron chi connectivity index (χ1n) is 14.2. The third-order valence-electron chi connectivity index (χ3n) is 7.90. The quantitative estimate of drug-likeness (QED) is 0.301. The monoisotopic (exact) mass is 544 g/mol. The summed E-state index contributed by atoms with van der Waals surface area (Å²) in [5.74, 6) is 0.255. The molecule has 1 fully saturated rings. The van der Waals surface area contributed by atoms with Crippen LogP contribution in [0.1, 0.15) is 53.0 Å². The predicted molar refractivity (Wildman–Crippen MR) is 168 cm³/mol. The molecule has 4 rings (SSSR count). The van der Waals surface area contributed by atoms with E-state index in [0.717, 1.165) is 55.9 Å². The lowest BCUT2D eigenvalue weighted by Gasteiger charge is -2.38. The van der Waals surface area contributed by atoms with Crippen molar-refractivity contribution in [2.45, 2.75) is 52.6 Å². The predicted octanol–water partition coefficient (Wildman–Crippen LogP) is 6.47. The van der Waals surface area contributed by atoms with Crippen molar-refractivity contribution >= 4 is 20.8 Å². The van der Waals surface area contributed by atoms with Gasteiger partial charge in [0.05, 0.1) is 0 Å². The Morgan fingerprint density at radius 1 is 1.10 bits per heavy atom. The third-order valence-corrected chi connectivity index (χ3v) is 8.23. The first kappa shape index (κ1) is 29.0. The van der Waals surface area contributed by atoms with Gasteiger partial charge >= 0.3 is 0 Å². The Balaban J connectivity index is 1.27. The number of carbonyl (C=O) groups is 1. The van der Waals surface area contributed by atoms with Gasteiger partial charge in [0, 0.05) is 61.2 Å². The number of piperazine rings is 1. The number of nitrogens with one attached hydrogen (secondary N) is 1. The lowest BCUT2D eigenvalue weighted by molar-refractivity contribution is -0.118. The molecule has 3 aliphatic rings. The van der Waals surface area contributed by atoms with Crippen LogP contribution in [0, 0.1) is 5.92 Å². The number of hydrogen-bond acceptors (Lipinski definition) is 4. The molecule has 5 nitrogen and oxygen atoms in total. The van der Waals surface area contributed by atoms with Gasteiger partial charge in [0.1, 0.15) is 5.70 Å². The minimum atomic E-state index is -0.0401. The van der Waals surface area contributed by atoms with Crippen molar-refractivity contribution in [3.63, 3.8) is 0 Å². The Kier molecular flexibility index (Phi) is 9.23. The third kappa shape index (κ3) is 7.13. The fourth-order valence-corrected chi connectivity index (χ4v) is 5.43. The van der Waals surface area contributed by atoms with Crippen LogP contribution in [-0.2, 0) is 9.95 Å². The second-order valence-corrected chi connectivity index (χ2v) is 12.9. The first-order valence-corrected chi connectivity index (χ1v) is 14.7. The maximum Gasteiger partial charge on any atom is 0.268 e. The molecule has 0 bridgehead atoms. The number of benzene rings is 1. The summed E-state index contributed by atoms with van der Waals surface area (Å²) in [5, 5.41) is 3.29. The number of nitrogens with zero attached hydrogens (tertiary/aromatic N) is 3. The Hall–Kier alpha value is -3.04. The van der Waals surface area contributed by atoms with Crippen molar-refractivity contribution < 1.29 is 4.79 Å². The molecule has 1 amide bonds. The summed E-state index contributed by atoms with van der Waals surface area (Å²) < 4.78 is 0. The molecule has 2 aliphatic heterocycles. The van der Waals surface area contributed by atoms with Gasteiger partial charge < -0.3 is 20.0 Å². The Bertz CT molecular complexity index is 1220. The van der Waals surface area contributed by atoms with E-state index in [1.54, 1.807) is 0 Å². The van der Waals surface area contributed by atoms with Gasteiger partial charge in [-0.15, -0.1) is 9.24 Å². The Morgan fingerprint density at radius 2 is 1.77 bits per heavy atom. The van der Waals surface area contributed by atoms with Gasteiger partial charge in [0.2, 0.25) is 0 Å². The fourth-order valence-electron chi connectivity index (χ4n) is 5.23. The Morgan fingerprint density at radius 3 is 2.33 bits per heavy atom. The molecule has 0 spiro atoms. The van der Waals surface area contributed by atoms with Crippen LogP contribution >= 0.6 is 9.24 Å². The fraction of sp³-hybridized carbons (Fsp3) is 0.424. The zero-order chi connectivity index (χ0) is 28.2. The van der Waals surface area contributed by atoms with E-state index in [1.165, 1.54) is 16.9 Å². The van der Waals surface area contributed by atoms with Crippen molar-refractivity contribution in [3.8, 4) is 0 Å². The van der Waals surface area contributed by atoms with Gasteiger partial charge in [-0.2, -0.15) is 0 Å². The van der Waals surface area contributed by atoms with Crippen molar-refractivity contribution in [1.29, 1.82) is 0 Å². The molecule has 0 saturated carbocycles. The molecular weight excluding hydrogens is 499 g/mol. The van der Waals surface area contributed by atoms with E-state index in [1.807, 2.05) is 37.1 Å². The van der Waals surface area contributed by atoms with Crippen LogP contribution < -0.4 is 10.2 Å². The highest BCUT2D eigenvalue weighted by molar-refractivity contribution is 7.18. The van der Waals surface area contributed by atoms with E-state index in [0.29, 0.717) is 18.2 Å². The highest BCUT2D eigenvalue weighted by Crippen LogP contribution is 2.32. The van der Waals surface area contributed by atoms with Gasteiger partial charge in [-0.05, 0) is 79.7 Å².